The Morgan fingerprint density at radius 3 is 2.69 bits per heavy atom. The summed E-state index contributed by atoms with van der Waals surface area (Å²) in [5.74, 6) is 0.589. The van der Waals surface area contributed by atoms with Gasteiger partial charge in [0.15, 0.2) is 5.78 Å². The Kier molecular flexibility index (Phi) is 7.35. The van der Waals surface area contributed by atoms with Gasteiger partial charge in [0.25, 0.3) is 0 Å². The normalized spacial score (nSPS) is 16.7. The number of anilines is 1. The molecule has 0 unspecified atom stereocenters. The van der Waals surface area contributed by atoms with Crippen LogP contribution in [0.3, 0.4) is 0 Å². The summed E-state index contributed by atoms with van der Waals surface area (Å²) in [6, 6.07) is 12.2. The molecule has 154 valence electrons. The standard InChI is InChI=1S/C22H25ClN2O3S/c1-14(2)11-28-12-20(26)16-5-8-21-19(9-16)25(22(27)18(24)13-29-21)10-15-3-6-17(23)7-4-15/h3-9,14,18H,10-13,24H2,1-2H3/t18-/m0/s1. The van der Waals surface area contributed by atoms with Crippen LogP contribution >= 0.6 is 23.4 Å². The van der Waals surface area contributed by atoms with E-state index in [2.05, 4.69) is 0 Å². The molecule has 2 N–H and O–H groups in total. The fraction of sp³-hybridized carbons (Fsp3) is 0.364. The first kappa shape index (κ1) is 21.8. The fourth-order valence-corrected chi connectivity index (χ4v) is 4.11. The molecule has 1 heterocycles. The minimum atomic E-state index is -0.603. The van der Waals surface area contributed by atoms with Crippen molar-refractivity contribution in [1.82, 2.24) is 0 Å². The molecule has 29 heavy (non-hydrogen) atoms. The Bertz CT molecular complexity index is 886. The summed E-state index contributed by atoms with van der Waals surface area (Å²) in [5, 5.41) is 0.637. The van der Waals surface area contributed by atoms with Gasteiger partial charge < -0.3 is 15.4 Å². The van der Waals surface area contributed by atoms with Gasteiger partial charge in [-0.3, -0.25) is 9.59 Å². The molecule has 0 aromatic heterocycles. The lowest BCUT2D eigenvalue weighted by Gasteiger charge is -2.25. The number of hydrogen-bond donors (Lipinski definition) is 1. The molecule has 2 aromatic rings. The first-order valence-electron chi connectivity index (χ1n) is 9.54. The summed E-state index contributed by atoms with van der Waals surface area (Å²) in [4.78, 5) is 28.1. The molecule has 1 atom stereocenters. The first-order valence-corrected chi connectivity index (χ1v) is 10.9. The number of fused-ring (bicyclic) bond motifs is 1. The average Bonchev–Trinajstić information content (AvgIpc) is 2.81. The number of nitrogens with two attached hydrogens (primary N) is 1. The zero-order valence-electron chi connectivity index (χ0n) is 16.6. The maximum atomic E-state index is 13.0. The summed E-state index contributed by atoms with van der Waals surface area (Å²) >= 11 is 7.51. The van der Waals surface area contributed by atoms with Gasteiger partial charge in [-0.1, -0.05) is 43.6 Å². The van der Waals surface area contributed by atoms with E-state index in [9.17, 15) is 9.59 Å². The van der Waals surface area contributed by atoms with Crippen LogP contribution in [0.15, 0.2) is 47.4 Å². The quantitative estimate of drug-likeness (QED) is 0.665. The van der Waals surface area contributed by atoms with Gasteiger partial charge in [0.05, 0.1) is 18.3 Å². The predicted octanol–water partition coefficient (Wildman–Crippen LogP) is 4.16. The van der Waals surface area contributed by atoms with Gasteiger partial charge in [0, 0.05) is 27.8 Å². The Hall–Kier alpha value is -1.86. The second kappa shape index (κ2) is 9.76. The van der Waals surface area contributed by atoms with E-state index in [4.69, 9.17) is 22.1 Å². The fourth-order valence-electron chi connectivity index (χ4n) is 3.00. The van der Waals surface area contributed by atoms with E-state index in [0.29, 0.717) is 41.1 Å². The molecule has 0 bridgehead atoms. The van der Waals surface area contributed by atoms with Crippen LogP contribution in [-0.4, -0.2) is 36.7 Å². The Labute approximate surface area is 180 Å². The van der Waals surface area contributed by atoms with Crippen molar-refractivity contribution in [3.8, 4) is 0 Å². The van der Waals surface area contributed by atoms with Gasteiger partial charge in [0.2, 0.25) is 5.91 Å². The van der Waals surface area contributed by atoms with Gasteiger partial charge in [-0.05, 0) is 35.7 Å². The number of hydrogen-bond acceptors (Lipinski definition) is 5. The molecule has 2 aromatic carbocycles. The SMILES string of the molecule is CC(C)COCC(=O)c1ccc2c(c1)N(Cc1ccc(Cl)cc1)C(=O)[C@@H](N)CS2. The van der Waals surface area contributed by atoms with Gasteiger partial charge in [0.1, 0.15) is 6.61 Å². The highest BCUT2D eigenvalue weighted by atomic mass is 35.5. The van der Waals surface area contributed by atoms with Crippen molar-refractivity contribution in [3.05, 3.63) is 58.6 Å². The van der Waals surface area contributed by atoms with Crippen LogP contribution in [0.2, 0.25) is 5.02 Å². The average molecular weight is 433 g/mol. The highest BCUT2D eigenvalue weighted by molar-refractivity contribution is 7.99. The van der Waals surface area contributed by atoms with Crippen molar-refractivity contribution in [2.75, 3.05) is 23.9 Å². The number of halogens is 1. The summed E-state index contributed by atoms with van der Waals surface area (Å²) in [5.41, 5.74) is 8.26. The van der Waals surface area contributed by atoms with Crippen LogP contribution in [0.4, 0.5) is 5.69 Å². The number of rotatable bonds is 7. The van der Waals surface area contributed by atoms with E-state index in [1.807, 2.05) is 32.0 Å². The lowest BCUT2D eigenvalue weighted by Crippen LogP contribution is -2.44. The van der Waals surface area contributed by atoms with E-state index >= 15 is 0 Å². The predicted molar refractivity (Wildman–Crippen MR) is 118 cm³/mol. The molecule has 3 rings (SSSR count). The molecule has 1 amide bonds. The Balaban J connectivity index is 1.89. The van der Waals surface area contributed by atoms with Crippen LogP contribution in [0.25, 0.3) is 0 Å². The summed E-state index contributed by atoms with van der Waals surface area (Å²) in [6.07, 6.45) is 0. The zero-order valence-corrected chi connectivity index (χ0v) is 18.1. The molecule has 0 fully saturated rings. The number of carbonyl (C=O) groups is 2. The largest absolute Gasteiger partial charge is 0.373 e. The molecule has 1 aliphatic rings. The topological polar surface area (TPSA) is 72.6 Å². The van der Waals surface area contributed by atoms with Crippen molar-refractivity contribution in [3.63, 3.8) is 0 Å². The van der Waals surface area contributed by atoms with Crippen LogP contribution in [0.1, 0.15) is 29.8 Å². The lowest BCUT2D eigenvalue weighted by atomic mass is 10.1. The Morgan fingerprint density at radius 2 is 2.00 bits per heavy atom. The van der Waals surface area contributed by atoms with Crippen molar-refractivity contribution >= 4 is 40.7 Å². The highest BCUT2D eigenvalue weighted by Crippen LogP contribution is 2.36. The van der Waals surface area contributed by atoms with Crippen LogP contribution in [-0.2, 0) is 16.1 Å². The lowest BCUT2D eigenvalue weighted by molar-refractivity contribution is -0.119. The monoisotopic (exact) mass is 432 g/mol. The molecule has 5 nitrogen and oxygen atoms in total. The smallest absolute Gasteiger partial charge is 0.245 e. The molecule has 7 heteroatoms. The molecular weight excluding hydrogens is 408 g/mol. The van der Waals surface area contributed by atoms with Crippen molar-refractivity contribution < 1.29 is 14.3 Å². The minimum absolute atomic E-state index is 0.0226. The van der Waals surface area contributed by atoms with Crippen molar-refractivity contribution in [2.24, 2.45) is 11.7 Å². The number of nitrogens with zero attached hydrogens (tertiary/aromatic N) is 1. The van der Waals surface area contributed by atoms with E-state index < -0.39 is 6.04 Å². The maximum Gasteiger partial charge on any atom is 0.245 e. The van der Waals surface area contributed by atoms with Gasteiger partial charge >= 0.3 is 0 Å². The summed E-state index contributed by atoms with van der Waals surface area (Å²) < 4.78 is 5.48. The molecule has 0 radical (unpaired) electrons. The number of ketones is 1. The number of Topliss-reactive ketones (excluding diaryl/α,β-unsaturated/α-hetero) is 1. The third-order valence-corrected chi connectivity index (χ3v) is 5.95. The number of ether oxygens (including phenoxy) is 1. The van der Waals surface area contributed by atoms with Gasteiger partial charge in [-0.25, -0.2) is 0 Å². The Morgan fingerprint density at radius 1 is 1.28 bits per heavy atom. The van der Waals surface area contributed by atoms with E-state index in [1.54, 1.807) is 29.2 Å². The molecule has 0 spiro atoms. The van der Waals surface area contributed by atoms with Crippen LogP contribution in [0, 0.1) is 5.92 Å². The molecule has 0 saturated heterocycles. The van der Waals surface area contributed by atoms with E-state index in [-0.39, 0.29) is 18.3 Å². The van der Waals surface area contributed by atoms with Crippen molar-refractivity contribution in [2.45, 2.75) is 31.3 Å². The maximum absolute atomic E-state index is 13.0. The molecule has 0 aliphatic carbocycles. The second-order valence-corrected chi connectivity index (χ2v) is 8.98. The number of amides is 1. The van der Waals surface area contributed by atoms with E-state index in [1.165, 1.54) is 11.8 Å². The third kappa shape index (κ3) is 5.60. The molecule has 1 aliphatic heterocycles. The van der Waals surface area contributed by atoms with Crippen molar-refractivity contribution in [1.29, 1.82) is 0 Å². The van der Waals surface area contributed by atoms with Crippen LogP contribution < -0.4 is 10.6 Å². The highest BCUT2D eigenvalue weighted by Gasteiger charge is 2.29. The number of carbonyl (C=O) groups excluding carboxylic acids is 2. The minimum Gasteiger partial charge on any atom is -0.373 e. The zero-order chi connectivity index (χ0) is 21.0. The van der Waals surface area contributed by atoms with E-state index in [0.717, 1.165) is 10.5 Å². The number of benzene rings is 2. The molecular formula is C22H25ClN2O3S. The van der Waals surface area contributed by atoms with Gasteiger partial charge in [-0.2, -0.15) is 0 Å². The summed E-state index contributed by atoms with van der Waals surface area (Å²) in [7, 11) is 0. The van der Waals surface area contributed by atoms with Crippen LogP contribution in [0.5, 0.6) is 0 Å². The number of thioether (sulfide) groups is 1. The molecule has 0 saturated carbocycles. The second-order valence-electron chi connectivity index (χ2n) is 7.48. The van der Waals surface area contributed by atoms with Gasteiger partial charge in [-0.15, -0.1) is 11.8 Å². The first-order chi connectivity index (χ1) is 13.8. The summed E-state index contributed by atoms with van der Waals surface area (Å²) in [6.45, 7) is 4.98. The third-order valence-electron chi connectivity index (χ3n) is 4.51.